The molecule has 86 valence electrons. The van der Waals surface area contributed by atoms with Crippen LogP contribution in [0.3, 0.4) is 0 Å². The third kappa shape index (κ3) is 1.82. The lowest BCUT2D eigenvalue weighted by Crippen LogP contribution is -1.98. The molecule has 4 heteroatoms. The number of carboxylic acids is 1. The second kappa shape index (κ2) is 3.73. The number of benzene rings is 1. The van der Waals surface area contributed by atoms with Crippen molar-refractivity contribution in [3.8, 4) is 11.5 Å². The van der Waals surface area contributed by atoms with Crippen LogP contribution in [0.15, 0.2) is 34.7 Å². The molecule has 0 spiro atoms. The predicted octanol–water partition coefficient (Wildman–Crippen LogP) is 2.92. The molecule has 1 aromatic heterocycles. The lowest BCUT2D eigenvalue weighted by atomic mass is 10.2. The van der Waals surface area contributed by atoms with Crippen molar-refractivity contribution < 1.29 is 14.3 Å². The summed E-state index contributed by atoms with van der Waals surface area (Å²) in [5, 5.41) is 9.07. The Labute approximate surface area is 97.9 Å². The fourth-order valence-corrected chi connectivity index (χ4v) is 1.82. The van der Waals surface area contributed by atoms with Gasteiger partial charge in [-0.3, -0.25) is 0 Å². The SMILES string of the molecule is O=C(O)c1oc(-c2ccccc2)nc1C1CC1. The third-order valence-electron chi connectivity index (χ3n) is 2.83. The summed E-state index contributed by atoms with van der Waals surface area (Å²) in [4.78, 5) is 15.4. The number of carboxylic acid groups (broad SMARTS) is 1. The minimum atomic E-state index is -1.04. The van der Waals surface area contributed by atoms with Crippen molar-refractivity contribution in [2.45, 2.75) is 18.8 Å². The molecule has 4 nitrogen and oxygen atoms in total. The van der Waals surface area contributed by atoms with E-state index in [-0.39, 0.29) is 11.7 Å². The van der Waals surface area contributed by atoms with Crippen LogP contribution in [0.4, 0.5) is 0 Å². The minimum absolute atomic E-state index is 0.00801. The molecule has 0 aliphatic heterocycles. The average Bonchev–Trinajstić information content (AvgIpc) is 3.09. The fraction of sp³-hybridized carbons (Fsp3) is 0.231. The quantitative estimate of drug-likeness (QED) is 0.878. The molecule has 0 saturated heterocycles. The summed E-state index contributed by atoms with van der Waals surface area (Å²) < 4.78 is 5.35. The maximum atomic E-state index is 11.1. The van der Waals surface area contributed by atoms with Gasteiger partial charge in [0, 0.05) is 11.5 Å². The van der Waals surface area contributed by atoms with E-state index in [2.05, 4.69) is 4.98 Å². The monoisotopic (exact) mass is 229 g/mol. The molecule has 0 unspecified atom stereocenters. The third-order valence-corrected chi connectivity index (χ3v) is 2.83. The molecule has 0 atom stereocenters. The first-order valence-corrected chi connectivity index (χ1v) is 5.55. The topological polar surface area (TPSA) is 63.3 Å². The van der Waals surface area contributed by atoms with Crippen LogP contribution in [0.25, 0.3) is 11.5 Å². The number of aromatic nitrogens is 1. The van der Waals surface area contributed by atoms with Crippen LogP contribution >= 0.6 is 0 Å². The number of oxazole rings is 1. The van der Waals surface area contributed by atoms with Gasteiger partial charge >= 0.3 is 5.97 Å². The molecule has 3 rings (SSSR count). The summed E-state index contributed by atoms with van der Waals surface area (Å²) >= 11 is 0. The Kier molecular flexibility index (Phi) is 2.21. The number of hydrogen-bond acceptors (Lipinski definition) is 3. The first-order valence-electron chi connectivity index (χ1n) is 5.55. The number of rotatable bonds is 3. The van der Waals surface area contributed by atoms with E-state index in [1.807, 2.05) is 30.3 Å². The summed E-state index contributed by atoms with van der Waals surface area (Å²) in [6.45, 7) is 0. The van der Waals surface area contributed by atoms with Gasteiger partial charge < -0.3 is 9.52 Å². The molecule has 0 amide bonds. The molecule has 17 heavy (non-hydrogen) atoms. The highest BCUT2D eigenvalue weighted by Crippen LogP contribution is 2.42. The highest BCUT2D eigenvalue weighted by Gasteiger charge is 2.33. The Bertz CT molecular complexity index is 555. The van der Waals surface area contributed by atoms with Gasteiger partial charge in [0.1, 0.15) is 0 Å². The molecule has 1 N–H and O–H groups in total. The van der Waals surface area contributed by atoms with E-state index in [0.29, 0.717) is 11.6 Å². The van der Waals surface area contributed by atoms with E-state index in [4.69, 9.17) is 9.52 Å². The van der Waals surface area contributed by atoms with Crippen molar-refractivity contribution in [1.82, 2.24) is 4.98 Å². The summed E-state index contributed by atoms with van der Waals surface area (Å²) in [7, 11) is 0. The van der Waals surface area contributed by atoms with Crippen LogP contribution in [0.1, 0.15) is 35.0 Å². The summed E-state index contributed by atoms with van der Waals surface area (Å²) in [5.41, 5.74) is 1.40. The average molecular weight is 229 g/mol. The van der Waals surface area contributed by atoms with Gasteiger partial charge in [-0.1, -0.05) is 18.2 Å². The molecule has 1 saturated carbocycles. The van der Waals surface area contributed by atoms with Crippen LogP contribution < -0.4 is 0 Å². The van der Waals surface area contributed by atoms with Gasteiger partial charge in [-0.15, -0.1) is 0 Å². The Morgan fingerprint density at radius 1 is 1.29 bits per heavy atom. The zero-order valence-corrected chi connectivity index (χ0v) is 9.09. The van der Waals surface area contributed by atoms with Gasteiger partial charge in [-0.2, -0.15) is 0 Å². The number of carbonyl (C=O) groups is 1. The lowest BCUT2D eigenvalue weighted by molar-refractivity contribution is 0.0661. The molecule has 2 aromatic rings. The van der Waals surface area contributed by atoms with E-state index in [9.17, 15) is 4.79 Å². The van der Waals surface area contributed by atoms with E-state index in [1.165, 1.54) is 0 Å². The Hall–Kier alpha value is -2.10. The van der Waals surface area contributed by atoms with Gasteiger partial charge in [0.05, 0.1) is 5.69 Å². The number of hydrogen-bond donors (Lipinski definition) is 1. The van der Waals surface area contributed by atoms with Crippen molar-refractivity contribution in [2.75, 3.05) is 0 Å². The van der Waals surface area contributed by atoms with Crippen molar-refractivity contribution in [2.24, 2.45) is 0 Å². The fourth-order valence-electron chi connectivity index (χ4n) is 1.82. The highest BCUT2D eigenvalue weighted by molar-refractivity contribution is 5.86. The maximum absolute atomic E-state index is 11.1. The number of aromatic carboxylic acids is 1. The molecule has 1 aliphatic rings. The zero-order valence-electron chi connectivity index (χ0n) is 9.09. The smallest absolute Gasteiger partial charge is 0.373 e. The van der Waals surface area contributed by atoms with Gasteiger partial charge in [-0.05, 0) is 25.0 Å². The second-order valence-corrected chi connectivity index (χ2v) is 4.18. The standard InChI is InChI=1S/C13H11NO3/c15-13(16)11-10(8-6-7-8)14-12(17-11)9-4-2-1-3-5-9/h1-5,8H,6-7H2,(H,15,16). The zero-order chi connectivity index (χ0) is 11.8. The largest absolute Gasteiger partial charge is 0.475 e. The van der Waals surface area contributed by atoms with Gasteiger partial charge in [0.25, 0.3) is 0 Å². The molecule has 1 heterocycles. The van der Waals surface area contributed by atoms with E-state index < -0.39 is 5.97 Å². The van der Waals surface area contributed by atoms with Crippen molar-refractivity contribution in [3.05, 3.63) is 41.8 Å². The Balaban J connectivity index is 2.07. The Morgan fingerprint density at radius 3 is 2.59 bits per heavy atom. The molecule has 0 bridgehead atoms. The summed E-state index contributed by atoms with van der Waals surface area (Å²) in [6.07, 6.45) is 2.00. The van der Waals surface area contributed by atoms with Gasteiger partial charge in [0.2, 0.25) is 11.7 Å². The Morgan fingerprint density at radius 2 is 2.00 bits per heavy atom. The first kappa shape index (κ1) is 10.1. The van der Waals surface area contributed by atoms with Crippen LogP contribution in [0.5, 0.6) is 0 Å². The normalized spacial score (nSPS) is 14.8. The van der Waals surface area contributed by atoms with Gasteiger partial charge in [0.15, 0.2) is 0 Å². The van der Waals surface area contributed by atoms with Crippen molar-refractivity contribution in [3.63, 3.8) is 0 Å². The molecular weight excluding hydrogens is 218 g/mol. The van der Waals surface area contributed by atoms with Gasteiger partial charge in [-0.25, -0.2) is 9.78 Å². The van der Waals surface area contributed by atoms with E-state index in [1.54, 1.807) is 0 Å². The number of nitrogens with zero attached hydrogens (tertiary/aromatic N) is 1. The summed E-state index contributed by atoms with van der Waals surface area (Å²) in [5.74, 6) is -0.389. The molecule has 0 radical (unpaired) electrons. The second-order valence-electron chi connectivity index (χ2n) is 4.18. The molecule has 1 aromatic carbocycles. The highest BCUT2D eigenvalue weighted by atomic mass is 16.4. The van der Waals surface area contributed by atoms with Crippen molar-refractivity contribution >= 4 is 5.97 Å². The molecular formula is C13H11NO3. The van der Waals surface area contributed by atoms with Crippen LogP contribution in [-0.2, 0) is 0 Å². The van der Waals surface area contributed by atoms with E-state index in [0.717, 1.165) is 18.4 Å². The minimum Gasteiger partial charge on any atom is -0.475 e. The first-order chi connectivity index (χ1) is 8.25. The summed E-state index contributed by atoms with van der Waals surface area (Å²) in [6, 6.07) is 9.35. The van der Waals surface area contributed by atoms with Crippen LogP contribution in [0.2, 0.25) is 0 Å². The van der Waals surface area contributed by atoms with Crippen LogP contribution in [-0.4, -0.2) is 16.1 Å². The predicted molar refractivity (Wildman–Crippen MR) is 60.9 cm³/mol. The lowest BCUT2D eigenvalue weighted by Gasteiger charge is -1.92. The maximum Gasteiger partial charge on any atom is 0.373 e. The molecule has 1 fully saturated rings. The molecule has 1 aliphatic carbocycles. The van der Waals surface area contributed by atoms with E-state index >= 15 is 0 Å². The van der Waals surface area contributed by atoms with Crippen molar-refractivity contribution in [1.29, 1.82) is 0 Å². The van der Waals surface area contributed by atoms with Crippen LogP contribution in [0, 0.1) is 0 Å².